The summed E-state index contributed by atoms with van der Waals surface area (Å²) < 4.78 is 1.29. The second-order valence-electron chi connectivity index (χ2n) is 9.40. The number of amides is 1. The first-order chi connectivity index (χ1) is 16.0. The average molecular weight is 448 g/mol. The van der Waals surface area contributed by atoms with E-state index in [1.54, 1.807) is 18.5 Å². The number of hydrogen-bond acceptors (Lipinski definition) is 5. The standard InChI is InChI=1S/C26H33N5O2/c1-19-13-20(2)17-30(16-19)12-6-11-28-25(32)18-31-26(33)23-9-4-3-8-22(23)24(29-31)14-21-7-5-10-27-15-21/h3-5,7-10,15,19-20H,6,11-14,16-18H2,1-2H3,(H,28,32)/t19-,20+. The Morgan fingerprint density at radius 2 is 1.85 bits per heavy atom. The van der Waals surface area contributed by atoms with Gasteiger partial charge in [0.15, 0.2) is 0 Å². The molecule has 0 saturated carbocycles. The second kappa shape index (κ2) is 10.7. The summed E-state index contributed by atoms with van der Waals surface area (Å²) in [5, 5.41) is 8.91. The van der Waals surface area contributed by atoms with E-state index in [9.17, 15) is 9.59 Å². The number of carbonyl (C=O) groups excluding carboxylic acids is 1. The van der Waals surface area contributed by atoms with Gasteiger partial charge in [0.25, 0.3) is 5.56 Å². The van der Waals surface area contributed by atoms with E-state index in [-0.39, 0.29) is 18.0 Å². The molecule has 0 spiro atoms. The van der Waals surface area contributed by atoms with Crippen LogP contribution in [0.1, 0.15) is 37.9 Å². The molecule has 1 amide bonds. The van der Waals surface area contributed by atoms with Gasteiger partial charge >= 0.3 is 0 Å². The van der Waals surface area contributed by atoms with Gasteiger partial charge in [0, 0.05) is 43.8 Å². The van der Waals surface area contributed by atoms with Crippen LogP contribution < -0.4 is 10.9 Å². The van der Waals surface area contributed by atoms with E-state index >= 15 is 0 Å². The summed E-state index contributed by atoms with van der Waals surface area (Å²) in [5.74, 6) is 1.28. The van der Waals surface area contributed by atoms with Gasteiger partial charge in [-0.05, 0) is 48.9 Å². The summed E-state index contributed by atoms with van der Waals surface area (Å²) >= 11 is 0. The number of rotatable bonds is 8. The van der Waals surface area contributed by atoms with Crippen LogP contribution in [-0.2, 0) is 17.8 Å². The van der Waals surface area contributed by atoms with Crippen molar-refractivity contribution in [1.29, 1.82) is 0 Å². The molecule has 1 fully saturated rings. The molecule has 7 nitrogen and oxygen atoms in total. The number of hydrogen-bond donors (Lipinski definition) is 1. The van der Waals surface area contributed by atoms with E-state index in [2.05, 4.69) is 34.1 Å². The maximum absolute atomic E-state index is 13.0. The van der Waals surface area contributed by atoms with Gasteiger partial charge in [-0.3, -0.25) is 14.6 Å². The molecular formula is C26H33N5O2. The van der Waals surface area contributed by atoms with Gasteiger partial charge in [-0.15, -0.1) is 0 Å². The largest absolute Gasteiger partial charge is 0.354 e. The van der Waals surface area contributed by atoms with Gasteiger partial charge in [0.2, 0.25) is 5.91 Å². The molecule has 1 saturated heterocycles. The lowest BCUT2D eigenvalue weighted by Gasteiger charge is -2.34. The normalized spacial score (nSPS) is 19.0. The molecule has 0 unspecified atom stereocenters. The topological polar surface area (TPSA) is 80.1 Å². The number of nitrogens with zero attached hydrogens (tertiary/aromatic N) is 4. The van der Waals surface area contributed by atoms with Crippen LogP contribution in [0, 0.1) is 11.8 Å². The molecule has 3 heterocycles. The lowest BCUT2D eigenvalue weighted by atomic mass is 9.92. The Bertz CT molecular complexity index is 1130. The fourth-order valence-electron chi connectivity index (χ4n) is 4.94. The van der Waals surface area contributed by atoms with Gasteiger partial charge in [-0.1, -0.05) is 38.1 Å². The van der Waals surface area contributed by atoms with Crippen molar-refractivity contribution >= 4 is 16.7 Å². The number of likely N-dealkylation sites (tertiary alicyclic amines) is 1. The molecule has 1 N–H and O–H groups in total. The fraction of sp³-hybridized carbons (Fsp3) is 0.462. The average Bonchev–Trinajstić information content (AvgIpc) is 2.80. The fourth-order valence-corrected chi connectivity index (χ4v) is 4.94. The number of fused-ring (bicyclic) bond motifs is 1. The number of benzene rings is 1. The molecule has 0 bridgehead atoms. The Balaban J connectivity index is 1.40. The molecule has 2 aromatic heterocycles. The lowest BCUT2D eigenvalue weighted by molar-refractivity contribution is -0.121. The minimum atomic E-state index is -0.244. The number of nitrogens with one attached hydrogen (secondary N) is 1. The highest BCUT2D eigenvalue weighted by Gasteiger charge is 2.21. The summed E-state index contributed by atoms with van der Waals surface area (Å²) in [4.78, 5) is 32.2. The maximum Gasteiger partial charge on any atom is 0.275 e. The smallest absolute Gasteiger partial charge is 0.275 e. The van der Waals surface area contributed by atoms with Crippen molar-refractivity contribution in [3.63, 3.8) is 0 Å². The van der Waals surface area contributed by atoms with Crippen molar-refractivity contribution in [3.05, 3.63) is 70.4 Å². The number of piperidine rings is 1. The highest BCUT2D eigenvalue weighted by atomic mass is 16.2. The predicted molar refractivity (Wildman–Crippen MR) is 130 cm³/mol. The van der Waals surface area contributed by atoms with Gasteiger partial charge in [-0.2, -0.15) is 5.10 Å². The zero-order valence-corrected chi connectivity index (χ0v) is 19.5. The monoisotopic (exact) mass is 447 g/mol. The van der Waals surface area contributed by atoms with Crippen molar-refractivity contribution < 1.29 is 4.79 Å². The lowest BCUT2D eigenvalue weighted by Crippen LogP contribution is -2.40. The highest BCUT2D eigenvalue weighted by Crippen LogP contribution is 2.20. The first kappa shape index (κ1) is 23.1. The SMILES string of the molecule is C[C@@H]1C[C@H](C)CN(CCCNC(=O)Cn2nc(Cc3cccnc3)c3ccccc3c2=O)C1. The molecule has 1 aliphatic heterocycles. The first-order valence-corrected chi connectivity index (χ1v) is 11.9. The van der Waals surface area contributed by atoms with E-state index in [1.165, 1.54) is 11.1 Å². The van der Waals surface area contributed by atoms with Crippen LogP contribution in [0.3, 0.4) is 0 Å². The maximum atomic E-state index is 13.0. The number of carbonyl (C=O) groups is 1. The zero-order chi connectivity index (χ0) is 23.2. The Labute approximate surface area is 194 Å². The van der Waals surface area contributed by atoms with E-state index in [0.29, 0.717) is 18.4 Å². The molecule has 4 rings (SSSR count). The summed E-state index contributed by atoms with van der Waals surface area (Å²) in [6.07, 6.45) is 6.26. The van der Waals surface area contributed by atoms with Crippen molar-refractivity contribution in [1.82, 2.24) is 25.0 Å². The van der Waals surface area contributed by atoms with Crippen LogP contribution in [-0.4, -0.2) is 51.8 Å². The van der Waals surface area contributed by atoms with Crippen molar-refractivity contribution in [2.24, 2.45) is 11.8 Å². The van der Waals surface area contributed by atoms with Crippen molar-refractivity contribution in [2.45, 2.75) is 39.7 Å². The minimum absolute atomic E-state index is 0.0819. The molecule has 2 atom stereocenters. The third-order valence-electron chi connectivity index (χ3n) is 6.25. The van der Waals surface area contributed by atoms with Crippen molar-refractivity contribution in [2.75, 3.05) is 26.2 Å². The third kappa shape index (κ3) is 6.05. The zero-order valence-electron chi connectivity index (χ0n) is 19.5. The molecule has 33 heavy (non-hydrogen) atoms. The van der Waals surface area contributed by atoms with E-state index in [4.69, 9.17) is 0 Å². The van der Waals surface area contributed by atoms with Gasteiger partial charge in [0.1, 0.15) is 6.54 Å². The van der Waals surface area contributed by atoms with E-state index in [1.807, 2.05) is 30.3 Å². The van der Waals surface area contributed by atoms with Gasteiger partial charge < -0.3 is 10.2 Å². The van der Waals surface area contributed by atoms with E-state index in [0.717, 1.165) is 54.5 Å². The molecule has 0 aliphatic carbocycles. The van der Waals surface area contributed by atoms with Crippen LogP contribution in [0.4, 0.5) is 0 Å². The Morgan fingerprint density at radius 1 is 1.09 bits per heavy atom. The molecule has 7 heteroatoms. The molecule has 1 aromatic carbocycles. The quantitative estimate of drug-likeness (QED) is 0.537. The molecule has 174 valence electrons. The molecule has 3 aromatic rings. The Hall–Kier alpha value is -3.06. The molecule has 1 aliphatic rings. The van der Waals surface area contributed by atoms with Crippen LogP contribution in [0.5, 0.6) is 0 Å². The van der Waals surface area contributed by atoms with Gasteiger partial charge in [-0.25, -0.2) is 4.68 Å². The van der Waals surface area contributed by atoms with Crippen LogP contribution >= 0.6 is 0 Å². The van der Waals surface area contributed by atoms with Crippen LogP contribution in [0.2, 0.25) is 0 Å². The van der Waals surface area contributed by atoms with E-state index < -0.39 is 0 Å². The Morgan fingerprint density at radius 3 is 2.58 bits per heavy atom. The summed E-state index contributed by atoms with van der Waals surface area (Å²) in [7, 11) is 0. The summed E-state index contributed by atoms with van der Waals surface area (Å²) in [6, 6.07) is 11.3. The second-order valence-corrected chi connectivity index (χ2v) is 9.40. The molecular weight excluding hydrogens is 414 g/mol. The number of pyridine rings is 1. The Kier molecular flexibility index (Phi) is 7.50. The third-order valence-corrected chi connectivity index (χ3v) is 6.25. The summed E-state index contributed by atoms with van der Waals surface area (Å²) in [6.45, 7) is 8.38. The predicted octanol–water partition coefficient (Wildman–Crippen LogP) is 2.87. The minimum Gasteiger partial charge on any atom is -0.354 e. The van der Waals surface area contributed by atoms with Crippen LogP contribution in [0.25, 0.3) is 10.8 Å². The number of aromatic nitrogens is 3. The summed E-state index contributed by atoms with van der Waals surface area (Å²) in [5.41, 5.74) is 1.53. The molecule has 0 radical (unpaired) electrons. The first-order valence-electron chi connectivity index (χ1n) is 11.9. The van der Waals surface area contributed by atoms with Crippen LogP contribution in [0.15, 0.2) is 53.6 Å². The highest BCUT2D eigenvalue weighted by molar-refractivity contribution is 5.84. The van der Waals surface area contributed by atoms with Crippen molar-refractivity contribution in [3.8, 4) is 0 Å². The van der Waals surface area contributed by atoms with Gasteiger partial charge in [0.05, 0.1) is 11.1 Å².